The van der Waals surface area contributed by atoms with Gasteiger partial charge in [0.25, 0.3) is 9.05 Å². The molecule has 10 heteroatoms. The summed E-state index contributed by atoms with van der Waals surface area (Å²) < 4.78 is 61.3. The van der Waals surface area contributed by atoms with Gasteiger partial charge in [-0.2, -0.15) is 0 Å². The molecule has 0 bridgehead atoms. The second kappa shape index (κ2) is 4.51. The number of hydrogen-bond donors (Lipinski definition) is 0. The number of hydrogen-bond acceptors (Lipinski definition) is 4. The molecule has 1 heterocycles. The van der Waals surface area contributed by atoms with Crippen molar-refractivity contribution < 1.29 is 26.3 Å². The zero-order valence-electron chi connectivity index (χ0n) is 8.05. The number of rotatable bonds is 2. The lowest BCUT2D eigenvalue weighted by atomic mass is 10.4. The number of pyridine rings is 1. The van der Waals surface area contributed by atoms with Gasteiger partial charge in [-0.3, -0.25) is 0 Å². The quantitative estimate of drug-likeness (QED) is 0.788. The molecule has 0 N–H and O–H groups in total. The number of nitrogens with zero attached hydrogens (tertiary/aromatic N) is 1. The van der Waals surface area contributed by atoms with Gasteiger partial charge in [0.2, 0.25) is 5.88 Å². The summed E-state index contributed by atoms with van der Waals surface area (Å²) in [6, 6.07) is 0.622. The lowest BCUT2D eigenvalue weighted by Crippen LogP contribution is -2.18. The summed E-state index contributed by atoms with van der Waals surface area (Å²) in [5.74, 6) is -0.857. The predicted octanol–water partition coefficient (Wildman–Crippen LogP) is 2.87. The van der Waals surface area contributed by atoms with Crippen LogP contribution in [-0.2, 0) is 9.05 Å². The lowest BCUT2D eigenvalue weighted by Gasteiger charge is -2.10. The number of alkyl halides is 3. The van der Waals surface area contributed by atoms with Gasteiger partial charge in [-0.15, -0.1) is 13.2 Å². The predicted molar refractivity (Wildman–Crippen MR) is 53.7 cm³/mol. The van der Waals surface area contributed by atoms with Gasteiger partial charge < -0.3 is 4.74 Å². The molecule has 0 spiro atoms. The third kappa shape index (κ3) is 3.90. The van der Waals surface area contributed by atoms with Crippen LogP contribution in [0, 0.1) is 6.92 Å². The van der Waals surface area contributed by atoms with Crippen LogP contribution in [0.25, 0.3) is 0 Å². The third-order valence-electron chi connectivity index (χ3n) is 1.54. The summed E-state index contributed by atoms with van der Waals surface area (Å²) in [6.07, 6.45) is -4.94. The summed E-state index contributed by atoms with van der Waals surface area (Å²) in [6.45, 7) is 1.14. The number of aryl methyl sites for hydroxylation is 1. The van der Waals surface area contributed by atoms with Crippen LogP contribution in [0.15, 0.2) is 11.0 Å². The van der Waals surface area contributed by atoms with Crippen molar-refractivity contribution in [3.8, 4) is 5.88 Å². The minimum Gasteiger partial charge on any atom is -0.388 e. The first-order valence-corrected chi connectivity index (χ1v) is 6.57. The topological polar surface area (TPSA) is 56.3 Å². The van der Waals surface area contributed by atoms with Crippen molar-refractivity contribution in [3.63, 3.8) is 0 Å². The second-order valence-electron chi connectivity index (χ2n) is 2.84. The molecule has 0 saturated heterocycles. The Morgan fingerprint density at radius 3 is 2.29 bits per heavy atom. The molecule has 0 aliphatic carbocycles. The first-order valence-electron chi connectivity index (χ1n) is 3.88. The smallest absolute Gasteiger partial charge is 0.388 e. The molecule has 17 heavy (non-hydrogen) atoms. The van der Waals surface area contributed by atoms with E-state index in [0.29, 0.717) is 6.07 Å². The Hall–Kier alpha value is -0.730. The molecule has 0 fully saturated rings. The Balaban J connectivity index is 3.29. The molecule has 0 amide bonds. The van der Waals surface area contributed by atoms with Crippen molar-refractivity contribution in [2.45, 2.75) is 18.2 Å². The van der Waals surface area contributed by atoms with Crippen LogP contribution in [0.2, 0.25) is 5.02 Å². The molecule has 0 saturated carbocycles. The molecule has 0 aliphatic heterocycles. The molecule has 0 aromatic carbocycles. The highest BCUT2D eigenvalue weighted by molar-refractivity contribution is 8.13. The molecule has 1 aromatic rings. The molecular formula is C7H4Cl2F3NO3S. The van der Waals surface area contributed by atoms with Crippen LogP contribution in [-0.4, -0.2) is 19.8 Å². The molecule has 0 radical (unpaired) electrons. The Labute approximate surface area is 104 Å². The van der Waals surface area contributed by atoms with Crippen LogP contribution in [0.1, 0.15) is 5.69 Å². The highest BCUT2D eigenvalue weighted by Gasteiger charge is 2.33. The fraction of sp³-hybridized carbons (Fsp3) is 0.286. The molecule has 0 unspecified atom stereocenters. The highest BCUT2D eigenvalue weighted by Crippen LogP contribution is 2.31. The average molecular weight is 310 g/mol. The Bertz CT molecular complexity index is 521. The minimum atomic E-state index is -4.94. The van der Waals surface area contributed by atoms with E-state index in [9.17, 15) is 21.6 Å². The first-order chi connectivity index (χ1) is 7.50. The summed E-state index contributed by atoms with van der Waals surface area (Å²) in [4.78, 5) is 2.75. The Morgan fingerprint density at radius 2 is 1.94 bits per heavy atom. The Morgan fingerprint density at radius 1 is 1.41 bits per heavy atom. The van der Waals surface area contributed by atoms with Crippen molar-refractivity contribution in [1.29, 1.82) is 0 Å². The fourth-order valence-corrected chi connectivity index (χ4v) is 2.99. The second-order valence-corrected chi connectivity index (χ2v) is 5.75. The average Bonchev–Trinajstić information content (AvgIpc) is 1.94. The molecular weight excluding hydrogens is 306 g/mol. The highest BCUT2D eigenvalue weighted by atomic mass is 35.7. The van der Waals surface area contributed by atoms with E-state index in [-0.39, 0.29) is 5.69 Å². The van der Waals surface area contributed by atoms with Crippen LogP contribution < -0.4 is 4.74 Å². The van der Waals surface area contributed by atoms with E-state index < -0.39 is 31.2 Å². The van der Waals surface area contributed by atoms with Crippen molar-refractivity contribution in [3.05, 3.63) is 16.8 Å². The maximum atomic E-state index is 11.9. The van der Waals surface area contributed by atoms with E-state index >= 15 is 0 Å². The van der Waals surface area contributed by atoms with E-state index in [1.165, 1.54) is 0 Å². The largest absolute Gasteiger partial charge is 0.574 e. The van der Waals surface area contributed by atoms with Crippen LogP contribution in [0.3, 0.4) is 0 Å². The normalized spacial score (nSPS) is 12.6. The van der Waals surface area contributed by atoms with Crippen LogP contribution >= 0.6 is 22.3 Å². The molecule has 1 aromatic heterocycles. The van der Waals surface area contributed by atoms with Crippen LogP contribution in [0.5, 0.6) is 5.88 Å². The van der Waals surface area contributed by atoms with Gasteiger partial charge in [0.15, 0.2) is 0 Å². The first kappa shape index (κ1) is 14.3. The minimum absolute atomic E-state index is 0.285. The summed E-state index contributed by atoms with van der Waals surface area (Å²) in [5, 5.41) is -0.494. The summed E-state index contributed by atoms with van der Waals surface area (Å²) in [5.41, 5.74) is -0.285. The molecule has 96 valence electrons. The van der Waals surface area contributed by atoms with E-state index in [0.717, 1.165) is 6.92 Å². The summed E-state index contributed by atoms with van der Waals surface area (Å²) >= 11 is 5.50. The fourth-order valence-electron chi connectivity index (χ4n) is 1.06. The molecule has 0 atom stereocenters. The van der Waals surface area contributed by atoms with E-state index in [2.05, 4.69) is 9.72 Å². The number of ether oxygens (including phenoxy) is 1. The molecule has 4 nitrogen and oxygen atoms in total. The maximum absolute atomic E-state index is 11.9. The van der Waals surface area contributed by atoms with E-state index in [1.807, 2.05) is 0 Å². The third-order valence-corrected chi connectivity index (χ3v) is 3.41. The van der Waals surface area contributed by atoms with Gasteiger partial charge in [-0.25, -0.2) is 13.4 Å². The van der Waals surface area contributed by atoms with Gasteiger partial charge in [-0.05, 0) is 6.92 Å². The van der Waals surface area contributed by atoms with Crippen LogP contribution in [0.4, 0.5) is 13.2 Å². The maximum Gasteiger partial charge on any atom is 0.574 e. The Kier molecular flexibility index (Phi) is 3.80. The van der Waals surface area contributed by atoms with Crippen molar-refractivity contribution in [2.24, 2.45) is 0 Å². The van der Waals surface area contributed by atoms with Gasteiger partial charge >= 0.3 is 6.36 Å². The zero-order valence-corrected chi connectivity index (χ0v) is 10.4. The molecule has 1 rings (SSSR count). The standard InChI is InChI=1S/C7H4Cl2F3NO3S/c1-3-6(17(9,14)15)4(8)2-5(13-3)16-7(10,11)12/h2H,1H3. The van der Waals surface area contributed by atoms with Gasteiger partial charge in [0, 0.05) is 16.7 Å². The number of aromatic nitrogens is 1. The SMILES string of the molecule is Cc1nc(OC(F)(F)F)cc(Cl)c1S(=O)(=O)Cl. The van der Waals surface area contributed by atoms with Crippen molar-refractivity contribution in [2.75, 3.05) is 0 Å². The number of halogens is 5. The van der Waals surface area contributed by atoms with Gasteiger partial charge in [-0.1, -0.05) is 11.6 Å². The summed E-state index contributed by atoms with van der Waals surface area (Å²) in [7, 11) is 0.856. The monoisotopic (exact) mass is 309 g/mol. The lowest BCUT2D eigenvalue weighted by molar-refractivity contribution is -0.276. The van der Waals surface area contributed by atoms with E-state index in [4.69, 9.17) is 22.3 Å². The molecule has 0 aliphatic rings. The van der Waals surface area contributed by atoms with Crippen molar-refractivity contribution in [1.82, 2.24) is 4.98 Å². The zero-order chi connectivity index (χ0) is 13.4. The van der Waals surface area contributed by atoms with Gasteiger partial charge in [0.1, 0.15) is 4.90 Å². The van der Waals surface area contributed by atoms with Crippen molar-refractivity contribution >= 4 is 31.3 Å². The van der Waals surface area contributed by atoms with E-state index in [1.54, 1.807) is 0 Å². The van der Waals surface area contributed by atoms with Gasteiger partial charge in [0.05, 0.1) is 10.7 Å².